The van der Waals surface area contributed by atoms with Crippen LogP contribution in [0.4, 0.5) is 0 Å². The van der Waals surface area contributed by atoms with Gasteiger partial charge in [-0.15, -0.1) is 12.4 Å². The molecule has 1 atom stereocenters. The second kappa shape index (κ2) is 2.39. The van der Waals surface area contributed by atoms with Gasteiger partial charge in [0.15, 0.2) is 0 Å². The Morgan fingerprint density at radius 3 is 2.00 bits per heavy atom. The van der Waals surface area contributed by atoms with Crippen LogP contribution in [-0.4, -0.2) is 12.8 Å². The molecule has 1 fully saturated rings. The average Bonchev–Trinajstić information content (AvgIpc) is 1.30. The van der Waals surface area contributed by atoms with Gasteiger partial charge in [-0.25, -0.2) is 0 Å². The van der Waals surface area contributed by atoms with E-state index in [0.29, 0.717) is 0 Å². The maximum Gasteiger partial charge on any atom is 0.107 e. The summed E-state index contributed by atoms with van der Waals surface area (Å²) in [5, 5.41) is 0. The molecule has 6 heavy (non-hydrogen) atoms. The normalized spacial score (nSPS) is 30.5. The number of hydrogen-bond donors (Lipinski definition) is 1. The zero-order valence-corrected chi connectivity index (χ0v) is 4.20. The van der Waals surface area contributed by atoms with E-state index >= 15 is 0 Å². The largest absolute Gasteiger partial charge is 0.363 e. The molecule has 0 saturated carbocycles. The van der Waals surface area contributed by atoms with Crippen LogP contribution in [0.3, 0.4) is 0 Å². The first kappa shape index (κ1) is 6.21. The highest BCUT2D eigenvalue weighted by Crippen LogP contribution is 2.01. The molecule has 2 N–H and O–H groups in total. The molecule has 0 radical (unpaired) electrons. The van der Waals surface area contributed by atoms with Crippen molar-refractivity contribution in [1.29, 1.82) is 0 Å². The van der Waals surface area contributed by atoms with E-state index in [-0.39, 0.29) is 18.6 Å². The van der Waals surface area contributed by atoms with Crippen LogP contribution in [0.1, 0.15) is 6.42 Å². The first-order valence-electron chi connectivity index (χ1n) is 1.77. The predicted molar refractivity (Wildman–Crippen MR) is 25.8 cm³/mol. The van der Waals surface area contributed by atoms with Gasteiger partial charge in [-0.3, -0.25) is 0 Å². The minimum absolute atomic E-state index is 0. The van der Waals surface area contributed by atoms with Crippen LogP contribution in [0.5, 0.6) is 0 Å². The smallest absolute Gasteiger partial charge is 0.107 e. The Morgan fingerprint density at radius 1 is 1.67 bits per heavy atom. The molecule has 0 bridgehead atoms. The van der Waals surface area contributed by atoms with Crippen LogP contribution < -0.4 is 5.73 Å². The Bertz CT molecular complexity index is 37.8. The second-order valence-electron chi connectivity index (χ2n) is 1.20. The number of ether oxygens (including phenoxy) is 1. The molecule has 0 aromatic rings. The third-order valence-corrected chi connectivity index (χ3v) is 0.734. The summed E-state index contributed by atoms with van der Waals surface area (Å²) in [5.41, 5.74) is 5.16. The monoisotopic (exact) mass is 109 g/mol. The highest BCUT2D eigenvalue weighted by atomic mass is 35.5. The van der Waals surface area contributed by atoms with E-state index in [9.17, 15) is 0 Å². The summed E-state index contributed by atoms with van der Waals surface area (Å²) in [7, 11) is 0. The van der Waals surface area contributed by atoms with Crippen molar-refractivity contribution in [2.24, 2.45) is 5.73 Å². The van der Waals surface area contributed by atoms with Gasteiger partial charge in [0.1, 0.15) is 6.23 Å². The molecule has 0 aromatic carbocycles. The Hall–Kier alpha value is 0.210. The van der Waals surface area contributed by atoms with E-state index < -0.39 is 0 Å². The summed E-state index contributed by atoms with van der Waals surface area (Å²) in [6, 6.07) is 0. The first-order valence-corrected chi connectivity index (χ1v) is 1.77. The highest BCUT2D eigenvalue weighted by molar-refractivity contribution is 5.85. The van der Waals surface area contributed by atoms with Crippen molar-refractivity contribution in [1.82, 2.24) is 0 Å². The molecular formula is C3H8ClNO. The van der Waals surface area contributed by atoms with Gasteiger partial charge in [-0.1, -0.05) is 0 Å². The molecule has 0 amide bonds. The predicted octanol–water partition coefficient (Wildman–Crippen LogP) is 0.113. The zero-order valence-electron chi connectivity index (χ0n) is 3.39. The lowest BCUT2D eigenvalue weighted by molar-refractivity contribution is -0.0455. The van der Waals surface area contributed by atoms with Gasteiger partial charge < -0.3 is 10.5 Å². The van der Waals surface area contributed by atoms with E-state index in [4.69, 9.17) is 10.5 Å². The lowest BCUT2D eigenvalue weighted by Crippen LogP contribution is -2.34. The molecule has 0 aliphatic carbocycles. The summed E-state index contributed by atoms with van der Waals surface area (Å²) in [6.45, 7) is 0.862. The van der Waals surface area contributed by atoms with Crippen molar-refractivity contribution in [2.75, 3.05) is 6.61 Å². The second-order valence-corrected chi connectivity index (χ2v) is 1.20. The van der Waals surface area contributed by atoms with Crippen molar-refractivity contribution < 1.29 is 4.74 Å². The van der Waals surface area contributed by atoms with Gasteiger partial charge >= 0.3 is 0 Å². The Balaban J connectivity index is 0.000000250. The van der Waals surface area contributed by atoms with Crippen LogP contribution >= 0.6 is 12.4 Å². The lowest BCUT2D eigenvalue weighted by atomic mass is 10.3. The minimum atomic E-state index is 0. The summed E-state index contributed by atoms with van der Waals surface area (Å²) in [5.74, 6) is 0. The zero-order chi connectivity index (χ0) is 3.70. The van der Waals surface area contributed by atoms with Gasteiger partial charge in [0.05, 0.1) is 6.61 Å². The van der Waals surface area contributed by atoms with Crippen LogP contribution in [0.25, 0.3) is 0 Å². The topological polar surface area (TPSA) is 35.2 Å². The van der Waals surface area contributed by atoms with Crippen molar-refractivity contribution in [2.45, 2.75) is 12.6 Å². The molecule has 1 unspecified atom stereocenters. The van der Waals surface area contributed by atoms with E-state index in [2.05, 4.69) is 0 Å². The molecule has 0 aromatic heterocycles. The third-order valence-electron chi connectivity index (χ3n) is 0.734. The molecule has 2 nitrogen and oxygen atoms in total. The number of nitrogens with two attached hydrogens (primary N) is 1. The maximum atomic E-state index is 5.16. The first-order chi connectivity index (χ1) is 2.39. The maximum absolute atomic E-state index is 5.16. The summed E-state index contributed by atoms with van der Waals surface area (Å²) >= 11 is 0. The van der Waals surface area contributed by atoms with Gasteiger partial charge in [0.25, 0.3) is 0 Å². The molecular weight excluding hydrogens is 101 g/mol. The van der Waals surface area contributed by atoms with Crippen LogP contribution in [0.2, 0.25) is 0 Å². The molecule has 1 aliphatic heterocycles. The van der Waals surface area contributed by atoms with Crippen molar-refractivity contribution in [3.8, 4) is 0 Å². The highest BCUT2D eigenvalue weighted by Gasteiger charge is 2.09. The Kier molecular flexibility index (Phi) is 2.48. The van der Waals surface area contributed by atoms with E-state index in [0.717, 1.165) is 13.0 Å². The average molecular weight is 110 g/mol. The minimum Gasteiger partial charge on any atom is -0.363 e. The van der Waals surface area contributed by atoms with Gasteiger partial charge in [0, 0.05) is 6.42 Å². The number of hydrogen-bond acceptors (Lipinski definition) is 2. The van der Waals surface area contributed by atoms with Crippen molar-refractivity contribution >= 4 is 12.4 Å². The fraction of sp³-hybridized carbons (Fsp3) is 1.00. The van der Waals surface area contributed by atoms with Gasteiger partial charge in [-0.05, 0) is 0 Å². The molecule has 1 saturated heterocycles. The summed E-state index contributed by atoms with van der Waals surface area (Å²) < 4.78 is 4.71. The van der Waals surface area contributed by atoms with E-state index in [1.54, 1.807) is 0 Å². The third kappa shape index (κ3) is 1.12. The van der Waals surface area contributed by atoms with Crippen LogP contribution in [0.15, 0.2) is 0 Å². The summed E-state index contributed by atoms with van der Waals surface area (Å²) in [4.78, 5) is 0. The van der Waals surface area contributed by atoms with Gasteiger partial charge in [0.2, 0.25) is 0 Å². The standard InChI is InChI=1S/C3H7NO.ClH/c4-3-1-2-5-3;/h3H,1-2,4H2;1H. The van der Waals surface area contributed by atoms with Crippen molar-refractivity contribution in [3.05, 3.63) is 0 Å². The number of rotatable bonds is 0. The molecule has 38 valence electrons. The quantitative estimate of drug-likeness (QED) is 0.479. The van der Waals surface area contributed by atoms with Crippen molar-refractivity contribution in [3.63, 3.8) is 0 Å². The lowest BCUT2D eigenvalue weighted by Gasteiger charge is -2.20. The van der Waals surface area contributed by atoms with Gasteiger partial charge in [-0.2, -0.15) is 0 Å². The van der Waals surface area contributed by atoms with E-state index in [1.807, 2.05) is 0 Å². The summed E-state index contributed by atoms with van der Waals surface area (Å²) in [6.07, 6.45) is 1.11. The molecule has 3 heteroatoms. The SMILES string of the molecule is Cl.NC1CCO1. The van der Waals surface area contributed by atoms with Crippen LogP contribution in [0, 0.1) is 0 Å². The number of halogens is 1. The van der Waals surface area contributed by atoms with Crippen LogP contribution in [-0.2, 0) is 4.74 Å². The molecule has 1 rings (SSSR count). The molecule has 1 heterocycles. The molecule has 0 spiro atoms. The Labute approximate surface area is 43.1 Å². The fourth-order valence-corrected chi connectivity index (χ4v) is 0.254. The van der Waals surface area contributed by atoms with E-state index in [1.165, 1.54) is 0 Å². The Morgan fingerprint density at radius 2 is 2.00 bits per heavy atom. The molecule has 1 aliphatic rings. The fourth-order valence-electron chi connectivity index (χ4n) is 0.254.